The number of ether oxygens (including phenoxy) is 3. The van der Waals surface area contributed by atoms with Gasteiger partial charge in [0.1, 0.15) is 18.0 Å². The van der Waals surface area contributed by atoms with Crippen molar-refractivity contribution in [1.29, 1.82) is 0 Å². The predicted octanol–water partition coefficient (Wildman–Crippen LogP) is 6.01. The molecule has 5 rings (SSSR count). The van der Waals surface area contributed by atoms with Crippen LogP contribution in [-0.2, 0) is 37.2 Å². The van der Waals surface area contributed by atoms with Crippen molar-refractivity contribution < 1.29 is 28.0 Å². The maximum Gasteiger partial charge on any atom is 0.329 e. The van der Waals surface area contributed by atoms with Gasteiger partial charge < -0.3 is 24.0 Å². The summed E-state index contributed by atoms with van der Waals surface area (Å²) in [6, 6.07) is 10.4. The van der Waals surface area contributed by atoms with Crippen molar-refractivity contribution in [2.75, 3.05) is 45.8 Å². The van der Waals surface area contributed by atoms with Crippen LogP contribution in [0.5, 0.6) is 5.75 Å². The maximum atomic E-state index is 14.7. The van der Waals surface area contributed by atoms with Crippen LogP contribution in [0.4, 0.5) is 10.5 Å². The molecule has 4 atom stereocenters. The van der Waals surface area contributed by atoms with E-state index in [1.165, 1.54) is 19.0 Å². The monoisotopic (exact) mass is 672 g/mol. The third-order valence-electron chi connectivity index (χ3n) is 9.12. The van der Waals surface area contributed by atoms with Gasteiger partial charge in [-0.15, -0.1) is 4.36 Å². The zero-order chi connectivity index (χ0) is 33.1. The number of halogens is 1. The van der Waals surface area contributed by atoms with E-state index in [4.69, 9.17) is 25.8 Å². The fourth-order valence-electron chi connectivity index (χ4n) is 6.10. The summed E-state index contributed by atoms with van der Waals surface area (Å²) in [5.41, 5.74) is 1.55. The molecule has 0 radical (unpaired) electrons. The second-order valence-corrected chi connectivity index (χ2v) is 15.3. The van der Waals surface area contributed by atoms with Crippen LogP contribution in [0.3, 0.4) is 0 Å². The second-order valence-electron chi connectivity index (χ2n) is 12.9. The van der Waals surface area contributed by atoms with E-state index in [-0.39, 0.29) is 17.6 Å². The average molecular weight is 673 g/mol. The Kier molecular flexibility index (Phi) is 10.7. The van der Waals surface area contributed by atoms with Crippen LogP contribution in [0.25, 0.3) is 0 Å². The molecule has 2 aromatic carbocycles. The molecule has 0 aromatic heterocycles. The summed E-state index contributed by atoms with van der Waals surface area (Å²) in [4.78, 5) is 30.2. The molecule has 3 aliphatic rings. The van der Waals surface area contributed by atoms with Gasteiger partial charge in [-0.05, 0) is 99.2 Å². The molecule has 1 aliphatic carbocycles. The Balaban J connectivity index is 1.66. The topological polar surface area (TPSA) is 110 Å². The first kappa shape index (κ1) is 34.2. The number of carbonyl (C=O) groups is 2. The fraction of sp³-hybridized carbons (Fsp3) is 0.529. The van der Waals surface area contributed by atoms with Crippen LogP contribution >= 0.6 is 11.6 Å². The molecule has 2 bridgehead atoms. The molecule has 46 heavy (non-hydrogen) atoms. The fourth-order valence-corrected chi connectivity index (χ4v) is 7.96. The first-order valence-corrected chi connectivity index (χ1v) is 17.7. The lowest BCUT2D eigenvalue weighted by Crippen LogP contribution is -2.44. The Morgan fingerprint density at radius 3 is 2.67 bits per heavy atom. The van der Waals surface area contributed by atoms with Gasteiger partial charge in [0.25, 0.3) is 5.91 Å². The number of methoxy groups -OCH3 is 1. The van der Waals surface area contributed by atoms with Gasteiger partial charge in [0.05, 0.1) is 23.3 Å². The first-order chi connectivity index (χ1) is 21.9. The molecule has 250 valence electrons. The number of fused-ring (bicyclic) bond motifs is 3. The summed E-state index contributed by atoms with van der Waals surface area (Å²) in [7, 11) is 1.01. The smallest absolute Gasteiger partial charge is 0.329 e. The molecule has 1 saturated carbocycles. The summed E-state index contributed by atoms with van der Waals surface area (Å²) >= 11 is 6.35. The Hall–Kier alpha value is -3.12. The summed E-state index contributed by atoms with van der Waals surface area (Å²) < 4.78 is 39.7. The van der Waals surface area contributed by atoms with E-state index < -0.39 is 27.5 Å². The molecule has 0 spiro atoms. The summed E-state index contributed by atoms with van der Waals surface area (Å²) in [6.45, 7) is 5.10. The number of urea groups is 1. The van der Waals surface area contributed by atoms with Gasteiger partial charge in [-0.25, -0.2) is 13.7 Å². The number of nitrogens with zero attached hydrogens (tertiary/aromatic N) is 3. The molecule has 0 saturated heterocycles. The number of aryl methyl sites for hydroxylation is 1. The molecular weight excluding hydrogens is 628 g/mol. The minimum absolute atomic E-state index is 0.0935. The van der Waals surface area contributed by atoms with E-state index in [9.17, 15) is 13.8 Å². The van der Waals surface area contributed by atoms with Crippen LogP contribution in [0, 0.1) is 11.8 Å². The number of amides is 3. The van der Waals surface area contributed by atoms with Crippen LogP contribution in [-0.4, -0.2) is 73.7 Å². The van der Waals surface area contributed by atoms with Crippen molar-refractivity contribution >= 4 is 39.1 Å². The highest BCUT2D eigenvalue weighted by Crippen LogP contribution is 2.42. The van der Waals surface area contributed by atoms with Gasteiger partial charge in [-0.3, -0.25) is 4.79 Å². The Labute approximate surface area is 277 Å². The lowest BCUT2D eigenvalue weighted by atomic mass is 9.70. The number of anilines is 1. The maximum absolute atomic E-state index is 14.7. The highest BCUT2D eigenvalue weighted by Gasteiger charge is 2.38. The van der Waals surface area contributed by atoms with Gasteiger partial charge in [0.2, 0.25) is 0 Å². The normalized spacial score (nSPS) is 27.3. The Morgan fingerprint density at radius 1 is 1.15 bits per heavy atom. The number of carbonyl (C=O) groups excluding carboxylic acids is 2. The van der Waals surface area contributed by atoms with E-state index in [2.05, 4.69) is 14.0 Å². The van der Waals surface area contributed by atoms with E-state index in [0.717, 1.165) is 62.0 Å². The van der Waals surface area contributed by atoms with Gasteiger partial charge in [0, 0.05) is 39.3 Å². The molecule has 12 heteroatoms. The van der Waals surface area contributed by atoms with Crippen LogP contribution < -0.4 is 14.4 Å². The Morgan fingerprint density at radius 2 is 1.96 bits per heavy atom. The van der Waals surface area contributed by atoms with Crippen molar-refractivity contribution in [3.8, 4) is 5.75 Å². The van der Waals surface area contributed by atoms with Crippen molar-refractivity contribution in [2.24, 2.45) is 16.2 Å². The second kappa shape index (κ2) is 14.3. The van der Waals surface area contributed by atoms with Crippen molar-refractivity contribution in [2.45, 2.75) is 69.2 Å². The molecule has 1 N–H and O–H groups in total. The first-order valence-electron chi connectivity index (χ1n) is 15.8. The van der Waals surface area contributed by atoms with Gasteiger partial charge in [0.15, 0.2) is 9.92 Å². The number of rotatable bonds is 2. The van der Waals surface area contributed by atoms with Gasteiger partial charge in [-0.1, -0.05) is 29.8 Å². The summed E-state index contributed by atoms with van der Waals surface area (Å²) in [5.74, 6) is 0.516. The largest absolute Gasteiger partial charge is 0.487 e. The van der Waals surface area contributed by atoms with E-state index in [1.54, 1.807) is 39.2 Å². The minimum Gasteiger partial charge on any atom is -0.487 e. The summed E-state index contributed by atoms with van der Waals surface area (Å²) in [6.07, 6.45) is 8.59. The number of nitrogens with one attached hydrogen (secondary N) is 1. The third kappa shape index (κ3) is 7.70. The molecule has 1 unspecified atom stereocenters. The Bertz CT molecular complexity index is 1600. The van der Waals surface area contributed by atoms with Gasteiger partial charge in [-0.2, -0.15) is 0 Å². The number of benzene rings is 2. The zero-order valence-corrected chi connectivity index (χ0v) is 28.9. The van der Waals surface area contributed by atoms with Crippen molar-refractivity contribution in [3.63, 3.8) is 0 Å². The molecule has 2 aliphatic heterocycles. The van der Waals surface area contributed by atoms with E-state index in [1.807, 2.05) is 30.4 Å². The third-order valence-corrected chi connectivity index (χ3v) is 11.1. The van der Waals surface area contributed by atoms with Crippen LogP contribution in [0.2, 0.25) is 5.02 Å². The average Bonchev–Trinajstić information content (AvgIpc) is 3.03. The standard InChI is InChI=1S/C34H45ClN4O6S/c1-34(2)32(40)36-46(42,37-33(41)38(3)4)27-14-16-31-29(20-27)39(21-24-12-15-28(24)30(43-5)10-8-18-45-34)17-7-6-9-23-19-26(35)13-11-25(23)22-44-31/h8,10-11,13-14,16,19-20,24,28,30H,6-7,9,12,15,17-18,21-22H2,1-5H3,(H,36,37,40,41,42)/b10-8+/t24-,28+,30-,46?/m0/s1. The highest BCUT2D eigenvalue weighted by atomic mass is 35.5. The van der Waals surface area contributed by atoms with Gasteiger partial charge >= 0.3 is 6.03 Å². The van der Waals surface area contributed by atoms with Crippen molar-refractivity contribution in [3.05, 3.63) is 64.7 Å². The lowest BCUT2D eigenvalue weighted by molar-refractivity contribution is -0.137. The van der Waals surface area contributed by atoms with Crippen LogP contribution in [0.15, 0.2) is 57.8 Å². The predicted molar refractivity (Wildman–Crippen MR) is 180 cm³/mol. The molecule has 10 nitrogen and oxygen atoms in total. The quantitative estimate of drug-likeness (QED) is 0.390. The SMILES string of the molecule is CO[C@H]1/C=C/COC(C)(C)C(=O)N=S(=O)(NC(=O)N(C)C)c2ccc3c(c2)N(CCCCc2cc(Cl)ccc2CO3)C[C@@H]2CC[C@H]21. The molecule has 1 fully saturated rings. The van der Waals surface area contributed by atoms with E-state index >= 15 is 0 Å². The molecule has 3 amide bonds. The zero-order valence-electron chi connectivity index (χ0n) is 27.3. The summed E-state index contributed by atoms with van der Waals surface area (Å²) in [5, 5.41) is 0.698. The van der Waals surface area contributed by atoms with E-state index in [0.29, 0.717) is 29.2 Å². The highest BCUT2D eigenvalue weighted by molar-refractivity contribution is 7.92. The molecule has 2 aromatic rings. The van der Waals surface area contributed by atoms with Crippen LogP contribution in [0.1, 0.15) is 50.7 Å². The number of hydrogen-bond acceptors (Lipinski definition) is 7. The number of hydrogen-bond donors (Lipinski definition) is 1. The lowest BCUT2D eigenvalue weighted by Gasteiger charge is -2.43. The molecule has 2 heterocycles. The van der Waals surface area contributed by atoms with Crippen molar-refractivity contribution in [1.82, 2.24) is 9.62 Å². The molecular formula is C34H45ClN4O6S. The minimum atomic E-state index is -3.78.